The van der Waals surface area contributed by atoms with Crippen LogP contribution in [0.1, 0.15) is 40.7 Å². The molecule has 25 heavy (non-hydrogen) atoms. The third-order valence-corrected chi connectivity index (χ3v) is 4.84. The average molecular weight is 338 g/mol. The van der Waals surface area contributed by atoms with Crippen molar-refractivity contribution < 1.29 is 4.79 Å². The van der Waals surface area contributed by atoms with Crippen LogP contribution in [0.2, 0.25) is 0 Å². The number of hydrogen-bond donors (Lipinski definition) is 1. The van der Waals surface area contributed by atoms with Gasteiger partial charge in [0.05, 0.1) is 0 Å². The molecule has 0 bridgehead atoms. The molecule has 1 atom stereocenters. The van der Waals surface area contributed by atoms with Crippen LogP contribution in [-0.4, -0.2) is 40.4 Å². The predicted molar refractivity (Wildman–Crippen MR) is 98.2 cm³/mol. The van der Waals surface area contributed by atoms with Gasteiger partial charge in [0.25, 0.3) is 5.91 Å². The summed E-state index contributed by atoms with van der Waals surface area (Å²) in [5, 5.41) is 3.06. The number of nitrogens with one attached hydrogen (secondary N) is 1. The molecule has 0 aliphatic carbocycles. The smallest absolute Gasteiger partial charge is 0.251 e. The number of aromatic nitrogens is 2. The van der Waals surface area contributed by atoms with E-state index < -0.39 is 0 Å². The molecule has 2 aromatic heterocycles. The van der Waals surface area contributed by atoms with Crippen LogP contribution < -0.4 is 5.32 Å². The van der Waals surface area contributed by atoms with E-state index in [-0.39, 0.29) is 5.91 Å². The van der Waals surface area contributed by atoms with E-state index in [2.05, 4.69) is 26.3 Å². The molecule has 5 nitrogen and oxygen atoms in total. The Labute approximate surface area is 149 Å². The van der Waals surface area contributed by atoms with Crippen LogP contribution in [0, 0.1) is 12.8 Å². The van der Waals surface area contributed by atoms with Crippen LogP contribution in [0.5, 0.6) is 0 Å². The van der Waals surface area contributed by atoms with E-state index in [4.69, 9.17) is 0 Å². The van der Waals surface area contributed by atoms with Crippen molar-refractivity contribution in [3.8, 4) is 0 Å². The summed E-state index contributed by atoms with van der Waals surface area (Å²) in [5.74, 6) is 0.646. The molecule has 1 aliphatic heterocycles. The first-order valence-corrected chi connectivity index (χ1v) is 9.02. The molecule has 1 saturated heterocycles. The van der Waals surface area contributed by atoms with Crippen molar-refractivity contribution >= 4 is 5.91 Å². The number of aryl methyl sites for hydroxylation is 1. The normalized spacial score (nSPS) is 18.0. The Bertz CT molecular complexity index is 689. The average Bonchev–Trinajstić information content (AvgIpc) is 2.63. The number of nitrogens with zero attached hydrogens (tertiary/aromatic N) is 3. The SMILES string of the molecule is Cc1cnccc1C(=O)NCCC1CCCN(Cc2cccnc2)C1. The van der Waals surface area contributed by atoms with E-state index in [1.165, 1.54) is 18.4 Å². The number of hydrogen-bond acceptors (Lipinski definition) is 4. The summed E-state index contributed by atoms with van der Waals surface area (Å²) < 4.78 is 0. The topological polar surface area (TPSA) is 58.1 Å². The standard InChI is InChI=1S/C20H26N4O/c1-16-12-22-9-7-19(16)20(25)23-10-6-17-5-3-11-24(14-17)15-18-4-2-8-21-13-18/h2,4,7-9,12-13,17H,3,5-6,10-11,14-15H2,1H3,(H,23,25). The molecule has 1 unspecified atom stereocenters. The first kappa shape index (κ1) is 17.5. The number of amides is 1. The number of carbonyl (C=O) groups excluding carboxylic acids is 1. The second kappa shape index (κ2) is 8.72. The molecule has 1 fully saturated rings. The fourth-order valence-corrected chi connectivity index (χ4v) is 3.49. The largest absolute Gasteiger partial charge is 0.352 e. The van der Waals surface area contributed by atoms with Crippen LogP contribution in [0.15, 0.2) is 43.0 Å². The number of likely N-dealkylation sites (tertiary alicyclic amines) is 1. The summed E-state index contributed by atoms with van der Waals surface area (Å²) in [6.45, 7) is 5.85. The summed E-state index contributed by atoms with van der Waals surface area (Å²) in [5.41, 5.74) is 2.90. The Balaban J connectivity index is 1.44. The van der Waals surface area contributed by atoms with Gasteiger partial charge in [-0.2, -0.15) is 0 Å². The summed E-state index contributed by atoms with van der Waals surface area (Å²) in [7, 11) is 0. The summed E-state index contributed by atoms with van der Waals surface area (Å²) in [6.07, 6.45) is 10.7. The Morgan fingerprint density at radius 1 is 1.28 bits per heavy atom. The fraction of sp³-hybridized carbons (Fsp3) is 0.450. The molecule has 3 heterocycles. The van der Waals surface area contributed by atoms with Gasteiger partial charge in [-0.05, 0) is 61.9 Å². The lowest BCUT2D eigenvalue weighted by Gasteiger charge is -2.32. The zero-order valence-electron chi connectivity index (χ0n) is 14.8. The van der Waals surface area contributed by atoms with Crippen molar-refractivity contribution in [3.63, 3.8) is 0 Å². The van der Waals surface area contributed by atoms with Crippen molar-refractivity contribution in [1.29, 1.82) is 0 Å². The zero-order valence-corrected chi connectivity index (χ0v) is 14.8. The van der Waals surface area contributed by atoms with Gasteiger partial charge in [0, 0.05) is 50.0 Å². The zero-order chi connectivity index (χ0) is 17.5. The molecule has 0 aromatic carbocycles. The van der Waals surface area contributed by atoms with E-state index in [9.17, 15) is 4.79 Å². The quantitative estimate of drug-likeness (QED) is 0.880. The van der Waals surface area contributed by atoms with Gasteiger partial charge in [-0.1, -0.05) is 6.07 Å². The van der Waals surface area contributed by atoms with Crippen LogP contribution in [0.3, 0.4) is 0 Å². The highest BCUT2D eigenvalue weighted by Gasteiger charge is 2.20. The maximum absolute atomic E-state index is 12.3. The van der Waals surface area contributed by atoms with Crippen LogP contribution in [-0.2, 0) is 6.54 Å². The van der Waals surface area contributed by atoms with Gasteiger partial charge in [0.15, 0.2) is 0 Å². The maximum atomic E-state index is 12.3. The van der Waals surface area contributed by atoms with Crippen molar-refractivity contribution in [2.75, 3.05) is 19.6 Å². The van der Waals surface area contributed by atoms with Gasteiger partial charge >= 0.3 is 0 Å². The van der Waals surface area contributed by atoms with Gasteiger partial charge in [-0.25, -0.2) is 0 Å². The van der Waals surface area contributed by atoms with Gasteiger partial charge in [-0.3, -0.25) is 19.7 Å². The van der Waals surface area contributed by atoms with Gasteiger partial charge in [0.2, 0.25) is 0 Å². The second-order valence-electron chi connectivity index (χ2n) is 6.84. The molecule has 5 heteroatoms. The Hall–Kier alpha value is -2.27. The van der Waals surface area contributed by atoms with Gasteiger partial charge in [0.1, 0.15) is 0 Å². The van der Waals surface area contributed by atoms with Crippen molar-refractivity contribution in [2.45, 2.75) is 32.7 Å². The first-order valence-electron chi connectivity index (χ1n) is 9.02. The van der Waals surface area contributed by atoms with Gasteiger partial charge < -0.3 is 5.32 Å². The van der Waals surface area contributed by atoms with Crippen LogP contribution in [0.4, 0.5) is 0 Å². The van der Waals surface area contributed by atoms with Crippen molar-refractivity contribution in [1.82, 2.24) is 20.2 Å². The van der Waals surface area contributed by atoms with E-state index in [1.807, 2.05) is 25.4 Å². The van der Waals surface area contributed by atoms with E-state index in [0.29, 0.717) is 5.92 Å². The van der Waals surface area contributed by atoms with Crippen LogP contribution in [0.25, 0.3) is 0 Å². The molecular formula is C20H26N4O. The Morgan fingerprint density at radius 3 is 2.96 bits per heavy atom. The molecule has 3 rings (SSSR count). The van der Waals surface area contributed by atoms with Crippen molar-refractivity contribution in [3.05, 3.63) is 59.7 Å². The third kappa shape index (κ3) is 5.10. The minimum absolute atomic E-state index is 0.00271. The Morgan fingerprint density at radius 2 is 2.16 bits per heavy atom. The molecule has 0 spiro atoms. The fourth-order valence-electron chi connectivity index (χ4n) is 3.49. The van der Waals surface area contributed by atoms with E-state index in [0.717, 1.165) is 43.7 Å². The number of piperidine rings is 1. The molecule has 132 valence electrons. The lowest BCUT2D eigenvalue weighted by molar-refractivity contribution is 0.0945. The highest BCUT2D eigenvalue weighted by Crippen LogP contribution is 2.20. The van der Waals surface area contributed by atoms with E-state index in [1.54, 1.807) is 18.5 Å². The molecular weight excluding hydrogens is 312 g/mol. The molecule has 0 radical (unpaired) electrons. The lowest BCUT2D eigenvalue weighted by atomic mass is 9.94. The summed E-state index contributed by atoms with van der Waals surface area (Å²) in [4.78, 5) is 23.0. The minimum atomic E-state index is 0.00271. The predicted octanol–water partition coefficient (Wildman–Crippen LogP) is 2.82. The Kier molecular flexibility index (Phi) is 6.12. The van der Waals surface area contributed by atoms with Crippen molar-refractivity contribution in [2.24, 2.45) is 5.92 Å². The number of pyridine rings is 2. The second-order valence-corrected chi connectivity index (χ2v) is 6.84. The molecule has 1 N–H and O–H groups in total. The monoisotopic (exact) mass is 338 g/mol. The van der Waals surface area contributed by atoms with E-state index >= 15 is 0 Å². The first-order chi connectivity index (χ1) is 12.2. The third-order valence-electron chi connectivity index (χ3n) is 4.84. The highest BCUT2D eigenvalue weighted by atomic mass is 16.1. The molecule has 2 aromatic rings. The molecule has 0 saturated carbocycles. The maximum Gasteiger partial charge on any atom is 0.251 e. The highest BCUT2D eigenvalue weighted by molar-refractivity contribution is 5.95. The summed E-state index contributed by atoms with van der Waals surface area (Å²) in [6, 6.07) is 5.90. The summed E-state index contributed by atoms with van der Waals surface area (Å²) >= 11 is 0. The van der Waals surface area contributed by atoms with Gasteiger partial charge in [-0.15, -0.1) is 0 Å². The number of carbonyl (C=O) groups is 1. The lowest BCUT2D eigenvalue weighted by Crippen LogP contribution is -2.36. The molecule has 1 amide bonds. The number of rotatable bonds is 6. The molecule has 1 aliphatic rings. The van der Waals surface area contributed by atoms with Crippen LogP contribution >= 0.6 is 0 Å². The minimum Gasteiger partial charge on any atom is -0.352 e.